The molecule has 1 heteroatoms. The average Bonchev–Trinajstić information content (AvgIpc) is 2.54. The highest BCUT2D eigenvalue weighted by molar-refractivity contribution is 5.70. The van der Waals surface area contributed by atoms with Crippen molar-refractivity contribution in [2.45, 2.75) is 41.5 Å². The van der Waals surface area contributed by atoms with Crippen LogP contribution in [-0.2, 0) is 0 Å². The van der Waals surface area contributed by atoms with Gasteiger partial charge in [-0.05, 0) is 48.2 Å². The van der Waals surface area contributed by atoms with Crippen LogP contribution in [0.4, 0.5) is 5.69 Å². The summed E-state index contributed by atoms with van der Waals surface area (Å²) in [6.07, 6.45) is 0. The molecule has 2 aromatic rings. The molecule has 0 atom stereocenters. The van der Waals surface area contributed by atoms with Crippen molar-refractivity contribution in [2.75, 3.05) is 19.0 Å². The molecule has 2 aromatic carbocycles. The maximum Gasteiger partial charge on any atom is 0.0361 e. The zero-order valence-corrected chi connectivity index (χ0v) is 15.0. The summed E-state index contributed by atoms with van der Waals surface area (Å²) in [5.41, 5.74) is 6.57. The van der Waals surface area contributed by atoms with Gasteiger partial charge < -0.3 is 4.90 Å². The third-order valence-corrected chi connectivity index (χ3v) is 3.30. The van der Waals surface area contributed by atoms with Crippen molar-refractivity contribution in [2.24, 2.45) is 0 Å². The minimum absolute atomic E-state index is 1.24. The molecule has 0 fully saturated rings. The minimum atomic E-state index is 1.24. The largest absolute Gasteiger partial charge is 0.378 e. The first-order valence-corrected chi connectivity index (χ1v) is 7.93. The topological polar surface area (TPSA) is 3.24 Å². The molecule has 0 saturated heterocycles. The predicted octanol–water partition coefficient (Wildman–Crippen LogP) is 6.09. The third kappa shape index (κ3) is 5.26. The summed E-state index contributed by atoms with van der Waals surface area (Å²) in [6, 6.07) is 15.2. The van der Waals surface area contributed by atoms with Gasteiger partial charge in [-0.15, -0.1) is 0 Å². The van der Waals surface area contributed by atoms with Crippen LogP contribution < -0.4 is 4.90 Å². The Kier molecular flexibility index (Phi) is 9.20. The van der Waals surface area contributed by atoms with E-state index in [1.165, 1.54) is 27.9 Å². The molecule has 0 aliphatic carbocycles. The van der Waals surface area contributed by atoms with Crippen LogP contribution >= 0.6 is 0 Å². The van der Waals surface area contributed by atoms with E-state index in [9.17, 15) is 0 Å². The van der Waals surface area contributed by atoms with Crippen LogP contribution in [0, 0.1) is 13.8 Å². The van der Waals surface area contributed by atoms with E-state index >= 15 is 0 Å². The normalized spacial score (nSPS) is 8.95. The van der Waals surface area contributed by atoms with E-state index in [1.807, 2.05) is 27.7 Å². The number of aryl methyl sites for hydroxylation is 1. The Labute approximate surface area is 131 Å². The van der Waals surface area contributed by atoms with Crippen molar-refractivity contribution >= 4 is 5.69 Å². The summed E-state index contributed by atoms with van der Waals surface area (Å²) in [5, 5.41) is 0. The van der Waals surface area contributed by atoms with Crippen molar-refractivity contribution < 1.29 is 0 Å². The molecular formula is C20H31N. The van der Waals surface area contributed by atoms with Crippen molar-refractivity contribution in [3.63, 3.8) is 0 Å². The lowest BCUT2D eigenvalue weighted by Crippen LogP contribution is -2.07. The number of rotatable bonds is 2. The molecule has 1 nitrogen and oxygen atoms in total. The van der Waals surface area contributed by atoms with Crippen LogP contribution in [-0.4, -0.2) is 14.1 Å². The Hall–Kier alpha value is -1.76. The predicted molar refractivity (Wildman–Crippen MR) is 98.4 cm³/mol. The first kappa shape index (κ1) is 19.2. The molecule has 0 spiro atoms. The van der Waals surface area contributed by atoms with Crippen molar-refractivity contribution in [3.8, 4) is 11.1 Å². The van der Waals surface area contributed by atoms with Gasteiger partial charge in [0.2, 0.25) is 0 Å². The summed E-state index contributed by atoms with van der Waals surface area (Å²) < 4.78 is 0. The van der Waals surface area contributed by atoms with Crippen LogP contribution in [0.25, 0.3) is 11.1 Å². The number of hydrogen-bond acceptors (Lipinski definition) is 1. The second-order valence-electron chi connectivity index (χ2n) is 4.69. The van der Waals surface area contributed by atoms with Gasteiger partial charge in [-0.1, -0.05) is 58.0 Å². The van der Waals surface area contributed by atoms with E-state index in [0.29, 0.717) is 0 Å². The molecule has 21 heavy (non-hydrogen) atoms. The monoisotopic (exact) mass is 285 g/mol. The van der Waals surface area contributed by atoms with Crippen molar-refractivity contribution in [1.82, 2.24) is 0 Å². The second-order valence-corrected chi connectivity index (χ2v) is 4.69. The Bertz CT molecular complexity index is 510. The molecule has 0 aliphatic rings. The van der Waals surface area contributed by atoms with Gasteiger partial charge in [-0.3, -0.25) is 0 Å². The first-order valence-electron chi connectivity index (χ1n) is 7.93. The summed E-state index contributed by atoms with van der Waals surface area (Å²) >= 11 is 0. The molecule has 0 bridgehead atoms. The van der Waals surface area contributed by atoms with Crippen LogP contribution in [0.15, 0.2) is 42.5 Å². The summed E-state index contributed by atoms with van der Waals surface area (Å²) in [5.74, 6) is 0. The maximum atomic E-state index is 2.19. The highest BCUT2D eigenvalue weighted by Crippen LogP contribution is 2.26. The van der Waals surface area contributed by atoms with E-state index in [0.717, 1.165) is 0 Å². The average molecular weight is 285 g/mol. The molecule has 0 unspecified atom stereocenters. The van der Waals surface area contributed by atoms with E-state index in [2.05, 4.69) is 75.3 Å². The molecule has 0 N–H and O–H groups in total. The number of hydrogen-bond donors (Lipinski definition) is 0. The van der Waals surface area contributed by atoms with Gasteiger partial charge in [-0.25, -0.2) is 0 Å². The number of benzene rings is 2. The molecule has 116 valence electrons. The van der Waals surface area contributed by atoms with Crippen LogP contribution in [0.5, 0.6) is 0 Å². The van der Waals surface area contributed by atoms with Crippen molar-refractivity contribution in [3.05, 3.63) is 53.6 Å². The third-order valence-electron chi connectivity index (χ3n) is 3.30. The lowest BCUT2D eigenvalue weighted by molar-refractivity contribution is 1.13. The molecular weight excluding hydrogens is 254 g/mol. The SMILES string of the molecule is CC.CC.Cc1cccc(-c2ccc(N(C)C)cc2)c1C. The van der Waals surface area contributed by atoms with Gasteiger partial charge in [0.25, 0.3) is 0 Å². The smallest absolute Gasteiger partial charge is 0.0361 e. The summed E-state index contributed by atoms with van der Waals surface area (Å²) in [6.45, 7) is 12.3. The van der Waals surface area contributed by atoms with E-state index in [4.69, 9.17) is 0 Å². The molecule has 0 aliphatic heterocycles. The molecule has 0 saturated carbocycles. The van der Waals surface area contributed by atoms with Gasteiger partial charge >= 0.3 is 0 Å². The Morgan fingerprint density at radius 2 is 1.24 bits per heavy atom. The number of nitrogens with zero attached hydrogens (tertiary/aromatic N) is 1. The second kappa shape index (κ2) is 10.0. The van der Waals surface area contributed by atoms with Crippen LogP contribution in [0.1, 0.15) is 38.8 Å². The standard InChI is InChI=1S/C16H19N.2C2H6/c1-12-6-5-7-16(13(12)2)14-8-10-15(11-9-14)17(3)4;2*1-2/h5-11H,1-4H3;2*1-2H3. The van der Waals surface area contributed by atoms with E-state index in [1.54, 1.807) is 0 Å². The highest BCUT2D eigenvalue weighted by Gasteiger charge is 2.03. The Morgan fingerprint density at radius 1 is 0.714 bits per heavy atom. The fourth-order valence-corrected chi connectivity index (χ4v) is 2.00. The molecule has 0 amide bonds. The summed E-state index contributed by atoms with van der Waals surface area (Å²) in [4.78, 5) is 2.12. The van der Waals surface area contributed by atoms with E-state index in [-0.39, 0.29) is 0 Å². The Balaban J connectivity index is 0.000000921. The summed E-state index contributed by atoms with van der Waals surface area (Å²) in [7, 11) is 4.12. The quantitative estimate of drug-likeness (QED) is 0.645. The van der Waals surface area contributed by atoms with Gasteiger partial charge in [0, 0.05) is 19.8 Å². The number of anilines is 1. The van der Waals surface area contributed by atoms with Crippen molar-refractivity contribution in [1.29, 1.82) is 0 Å². The van der Waals surface area contributed by atoms with Crippen LogP contribution in [0.2, 0.25) is 0 Å². The van der Waals surface area contributed by atoms with Gasteiger partial charge in [0.1, 0.15) is 0 Å². The minimum Gasteiger partial charge on any atom is -0.378 e. The lowest BCUT2D eigenvalue weighted by Gasteiger charge is -2.14. The van der Waals surface area contributed by atoms with Gasteiger partial charge in [-0.2, -0.15) is 0 Å². The first-order chi connectivity index (χ1) is 10.1. The highest BCUT2D eigenvalue weighted by atomic mass is 15.1. The fraction of sp³-hybridized carbons (Fsp3) is 0.400. The molecule has 0 radical (unpaired) electrons. The zero-order chi connectivity index (χ0) is 16.4. The zero-order valence-electron chi connectivity index (χ0n) is 15.0. The fourth-order valence-electron chi connectivity index (χ4n) is 2.00. The van der Waals surface area contributed by atoms with E-state index < -0.39 is 0 Å². The lowest BCUT2D eigenvalue weighted by atomic mass is 9.97. The molecule has 2 rings (SSSR count). The molecule has 0 aromatic heterocycles. The Morgan fingerprint density at radius 3 is 1.71 bits per heavy atom. The van der Waals surface area contributed by atoms with Gasteiger partial charge in [0.05, 0.1) is 0 Å². The van der Waals surface area contributed by atoms with Gasteiger partial charge in [0.15, 0.2) is 0 Å². The maximum absolute atomic E-state index is 2.19. The molecule has 0 heterocycles. The van der Waals surface area contributed by atoms with Crippen LogP contribution in [0.3, 0.4) is 0 Å².